The highest BCUT2D eigenvalue weighted by atomic mass is 16.5. The highest BCUT2D eigenvalue weighted by molar-refractivity contribution is 5.84. The number of ether oxygens (including phenoxy) is 3. The molecule has 2 atom stereocenters. The molecule has 6 nitrogen and oxygen atoms in total. The molecule has 0 radical (unpaired) electrons. The maximum absolute atomic E-state index is 12.3. The number of methoxy groups -OCH3 is 2. The quantitative estimate of drug-likeness (QED) is 0.621. The zero-order chi connectivity index (χ0) is 21.2. The van der Waals surface area contributed by atoms with E-state index in [9.17, 15) is 9.59 Å². The summed E-state index contributed by atoms with van der Waals surface area (Å²) < 4.78 is 15.7. The molecule has 0 unspecified atom stereocenters. The molecule has 0 bridgehead atoms. The molecule has 0 aliphatic rings. The topological polar surface area (TPSA) is 73.9 Å². The summed E-state index contributed by atoms with van der Waals surface area (Å²) in [4.78, 5) is 24.5. The van der Waals surface area contributed by atoms with Gasteiger partial charge in [-0.25, -0.2) is 0 Å². The molecule has 0 saturated carbocycles. The Morgan fingerprint density at radius 2 is 1.62 bits per heavy atom. The molecular weight excluding hydrogens is 370 g/mol. The van der Waals surface area contributed by atoms with Crippen molar-refractivity contribution in [3.63, 3.8) is 0 Å². The molecule has 0 aliphatic carbocycles. The number of nitrogens with one attached hydrogen (secondary N) is 1. The summed E-state index contributed by atoms with van der Waals surface area (Å²) in [5, 5.41) is 2.90. The maximum Gasteiger partial charge on any atom is 0.311 e. The predicted molar refractivity (Wildman–Crippen MR) is 111 cm³/mol. The van der Waals surface area contributed by atoms with Gasteiger partial charge in [0, 0.05) is 6.04 Å². The van der Waals surface area contributed by atoms with Crippen LogP contribution >= 0.6 is 0 Å². The van der Waals surface area contributed by atoms with Crippen LogP contribution in [0.25, 0.3) is 0 Å². The normalized spacial score (nSPS) is 12.6. The molecule has 0 aromatic heterocycles. The Bertz CT molecular complexity index is 806. The predicted octanol–water partition coefficient (Wildman–Crippen LogP) is 3.32. The molecule has 2 aromatic carbocycles. The number of carbonyl (C=O) groups excluding carboxylic acids is 2. The van der Waals surface area contributed by atoms with E-state index in [1.54, 1.807) is 32.2 Å². The zero-order valence-electron chi connectivity index (χ0n) is 17.4. The number of aryl methyl sites for hydroxylation is 1. The molecule has 0 fully saturated rings. The lowest BCUT2D eigenvalue weighted by Crippen LogP contribution is -2.41. The van der Waals surface area contributed by atoms with E-state index in [1.807, 2.05) is 25.1 Å². The molecule has 1 amide bonds. The van der Waals surface area contributed by atoms with Gasteiger partial charge in [0.15, 0.2) is 17.6 Å². The van der Waals surface area contributed by atoms with E-state index in [0.717, 1.165) is 18.4 Å². The second-order valence-electron chi connectivity index (χ2n) is 6.93. The van der Waals surface area contributed by atoms with Crippen molar-refractivity contribution >= 4 is 11.9 Å². The molecule has 2 rings (SSSR count). The average molecular weight is 399 g/mol. The Labute approximate surface area is 172 Å². The molecule has 1 N–H and O–H groups in total. The Kier molecular flexibility index (Phi) is 8.52. The van der Waals surface area contributed by atoms with Gasteiger partial charge >= 0.3 is 5.97 Å². The van der Waals surface area contributed by atoms with Crippen molar-refractivity contribution in [3.05, 3.63) is 59.7 Å². The van der Waals surface area contributed by atoms with Crippen LogP contribution in [0.1, 0.15) is 31.4 Å². The van der Waals surface area contributed by atoms with Crippen LogP contribution in [0, 0.1) is 0 Å². The highest BCUT2D eigenvalue weighted by Crippen LogP contribution is 2.27. The lowest BCUT2D eigenvalue weighted by atomic mass is 10.1. The molecule has 0 spiro atoms. The van der Waals surface area contributed by atoms with Gasteiger partial charge in [-0.2, -0.15) is 0 Å². The molecule has 156 valence electrons. The van der Waals surface area contributed by atoms with Gasteiger partial charge in [0.05, 0.1) is 20.6 Å². The summed E-state index contributed by atoms with van der Waals surface area (Å²) in [7, 11) is 3.08. The van der Waals surface area contributed by atoms with Gasteiger partial charge in [0.2, 0.25) is 0 Å². The molecule has 2 aromatic rings. The number of esters is 1. The van der Waals surface area contributed by atoms with Crippen molar-refractivity contribution in [1.29, 1.82) is 0 Å². The Hall–Kier alpha value is -3.02. The van der Waals surface area contributed by atoms with Crippen molar-refractivity contribution in [2.24, 2.45) is 0 Å². The Morgan fingerprint density at radius 3 is 2.28 bits per heavy atom. The van der Waals surface area contributed by atoms with Crippen LogP contribution in [0.2, 0.25) is 0 Å². The van der Waals surface area contributed by atoms with Crippen LogP contribution in [0.3, 0.4) is 0 Å². The lowest BCUT2D eigenvalue weighted by molar-refractivity contribution is -0.154. The van der Waals surface area contributed by atoms with Crippen LogP contribution < -0.4 is 14.8 Å². The number of hydrogen-bond acceptors (Lipinski definition) is 5. The number of benzene rings is 2. The van der Waals surface area contributed by atoms with E-state index in [2.05, 4.69) is 17.4 Å². The van der Waals surface area contributed by atoms with Crippen molar-refractivity contribution in [2.45, 2.75) is 45.3 Å². The van der Waals surface area contributed by atoms with Crippen molar-refractivity contribution < 1.29 is 23.8 Å². The zero-order valence-corrected chi connectivity index (χ0v) is 17.4. The van der Waals surface area contributed by atoms with E-state index in [-0.39, 0.29) is 18.4 Å². The monoisotopic (exact) mass is 399 g/mol. The largest absolute Gasteiger partial charge is 0.493 e. The maximum atomic E-state index is 12.3. The number of carbonyl (C=O) groups is 2. The van der Waals surface area contributed by atoms with E-state index < -0.39 is 12.1 Å². The molecule has 0 heterocycles. The lowest BCUT2D eigenvalue weighted by Gasteiger charge is -2.18. The molecule has 6 heteroatoms. The van der Waals surface area contributed by atoms with E-state index >= 15 is 0 Å². The van der Waals surface area contributed by atoms with Crippen LogP contribution in [0.5, 0.6) is 11.5 Å². The Balaban J connectivity index is 1.80. The number of hydrogen-bond donors (Lipinski definition) is 1. The first kappa shape index (κ1) is 22.3. The molecule has 0 saturated heterocycles. The van der Waals surface area contributed by atoms with Gasteiger partial charge in [0.25, 0.3) is 5.91 Å². The average Bonchev–Trinajstić information content (AvgIpc) is 2.72. The molecule has 0 aliphatic heterocycles. The summed E-state index contributed by atoms with van der Waals surface area (Å²) in [5.41, 5.74) is 1.94. The fraction of sp³-hybridized carbons (Fsp3) is 0.391. The smallest absolute Gasteiger partial charge is 0.311 e. The van der Waals surface area contributed by atoms with E-state index in [1.165, 1.54) is 12.7 Å². The van der Waals surface area contributed by atoms with Crippen LogP contribution in [0.15, 0.2) is 48.5 Å². The van der Waals surface area contributed by atoms with Gasteiger partial charge in [-0.3, -0.25) is 9.59 Å². The van der Waals surface area contributed by atoms with Crippen molar-refractivity contribution in [3.8, 4) is 11.5 Å². The third-order valence-electron chi connectivity index (χ3n) is 4.57. The summed E-state index contributed by atoms with van der Waals surface area (Å²) in [6.45, 7) is 3.52. The van der Waals surface area contributed by atoms with E-state index in [4.69, 9.17) is 14.2 Å². The second kappa shape index (κ2) is 11.1. The molecule has 29 heavy (non-hydrogen) atoms. The first-order valence-electron chi connectivity index (χ1n) is 9.67. The first-order chi connectivity index (χ1) is 13.9. The summed E-state index contributed by atoms with van der Waals surface area (Å²) in [6, 6.07) is 15.3. The van der Waals surface area contributed by atoms with Gasteiger partial charge in [-0.1, -0.05) is 36.4 Å². The van der Waals surface area contributed by atoms with Gasteiger partial charge < -0.3 is 19.5 Å². The second-order valence-corrected chi connectivity index (χ2v) is 6.93. The number of rotatable bonds is 10. The third-order valence-corrected chi connectivity index (χ3v) is 4.57. The minimum absolute atomic E-state index is 0.0188. The third kappa shape index (κ3) is 7.14. The SMILES string of the molecule is COc1ccc(CC(=O)O[C@@H](C)C(=O)N[C@@H](C)CCc2ccccc2)cc1OC. The standard InChI is InChI=1S/C23H29NO5/c1-16(10-11-18-8-6-5-7-9-18)24-23(26)17(2)29-22(25)15-19-12-13-20(27-3)21(14-19)28-4/h5-9,12-14,16-17H,10-11,15H2,1-4H3,(H,24,26)/t16-,17-/m0/s1. The van der Waals surface area contributed by atoms with Crippen LogP contribution in [-0.2, 0) is 27.2 Å². The van der Waals surface area contributed by atoms with Gasteiger partial charge in [-0.05, 0) is 49.9 Å². The first-order valence-corrected chi connectivity index (χ1v) is 9.67. The van der Waals surface area contributed by atoms with Crippen LogP contribution in [0.4, 0.5) is 0 Å². The van der Waals surface area contributed by atoms with E-state index in [0.29, 0.717) is 11.5 Å². The summed E-state index contributed by atoms with van der Waals surface area (Å²) in [5.74, 6) is 0.348. The highest BCUT2D eigenvalue weighted by Gasteiger charge is 2.20. The summed E-state index contributed by atoms with van der Waals surface area (Å²) >= 11 is 0. The number of amides is 1. The van der Waals surface area contributed by atoms with Crippen molar-refractivity contribution in [2.75, 3.05) is 14.2 Å². The fourth-order valence-electron chi connectivity index (χ4n) is 2.91. The summed E-state index contributed by atoms with van der Waals surface area (Å²) in [6.07, 6.45) is 0.862. The van der Waals surface area contributed by atoms with Crippen LogP contribution in [-0.4, -0.2) is 38.2 Å². The fourth-order valence-corrected chi connectivity index (χ4v) is 2.91. The molecular formula is C23H29NO5. The Morgan fingerprint density at radius 1 is 0.931 bits per heavy atom. The van der Waals surface area contributed by atoms with Gasteiger partial charge in [-0.15, -0.1) is 0 Å². The minimum atomic E-state index is -0.859. The minimum Gasteiger partial charge on any atom is -0.493 e. The van der Waals surface area contributed by atoms with Gasteiger partial charge in [0.1, 0.15) is 0 Å². The van der Waals surface area contributed by atoms with Crippen molar-refractivity contribution in [1.82, 2.24) is 5.32 Å².